The van der Waals surface area contributed by atoms with Crippen LogP contribution in [0.2, 0.25) is 0 Å². The molecule has 0 unspecified atom stereocenters. The molecule has 0 fully saturated rings. The molecule has 1 rings (SSSR count). The van der Waals surface area contributed by atoms with Gasteiger partial charge in [0.05, 0.1) is 25.4 Å². The van der Waals surface area contributed by atoms with E-state index >= 15 is 0 Å². The lowest BCUT2D eigenvalue weighted by atomic mass is 10.1. The molecule has 0 N–H and O–H groups in total. The van der Waals surface area contributed by atoms with Gasteiger partial charge in [-0.3, -0.25) is 14.0 Å². The number of rotatable bonds is 10. The van der Waals surface area contributed by atoms with Crippen molar-refractivity contribution >= 4 is 17.6 Å². The Kier molecular flexibility index (Phi) is 9.13. The number of nitriles is 1. The van der Waals surface area contributed by atoms with Crippen molar-refractivity contribution in [2.24, 2.45) is 0 Å². The van der Waals surface area contributed by atoms with Crippen molar-refractivity contribution in [1.82, 2.24) is 0 Å². The van der Waals surface area contributed by atoms with Crippen LogP contribution >= 0.6 is 0 Å². The van der Waals surface area contributed by atoms with Gasteiger partial charge in [0.15, 0.2) is 0 Å². The van der Waals surface area contributed by atoms with Crippen LogP contribution in [0.25, 0.3) is 0 Å². The normalized spacial score (nSPS) is 10.0. The standard InChI is InChI=1S/C18H23FN2O3/c1-24-18(23)10-3-2-4-12-21(17(22)9-6-11-19)16-8-5-7-15(13-16)14-20/h5,7-8,13H,2-4,6,9-12H2,1H3. The number of methoxy groups -OCH3 is 1. The molecular formula is C18H23FN2O3. The fourth-order valence-electron chi connectivity index (χ4n) is 2.31. The maximum absolute atomic E-state index is 12.3. The van der Waals surface area contributed by atoms with Crippen molar-refractivity contribution in [1.29, 1.82) is 5.26 Å². The van der Waals surface area contributed by atoms with Crippen LogP contribution in [0.1, 0.15) is 44.1 Å². The van der Waals surface area contributed by atoms with Gasteiger partial charge in [0.25, 0.3) is 0 Å². The highest BCUT2D eigenvalue weighted by Crippen LogP contribution is 2.19. The summed E-state index contributed by atoms with van der Waals surface area (Å²) >= 11 is 0. The summed E-state index contributed by atoms with van der Waals surface area (Å²) in [6, 6.07) is 8.86. The lowest BCUT2D eigenvalue weighted by Gasteiger charge is -2.23. The maximum atomic E-state index is 12.3. The van der Waals surface area contributed by atoms with Crippen molar-refractivity contribution in [2.45, 2.75) is 38.5 Å². The Morgan fingerprint density at radius 1 is 1.21 bits per heavy atom. The van der Waals surface area contributed by atoms with Crippen LogP contribution in [0.4, 0.5) is 10.1 Å². The monoisotopic (exact) mass is 334 g/mol. The number of hydrogen-bond acceptors (Lipinski definition) is 4. The zero-order chi connectivity index (χ0) is 17.8. The van der Waals surface area contributed by atoms with E-state index in [2.05, 4.69) is 10.8 Å². The van der Waals surface area contributed by atoms with Gasteiger partial charge in [0, 0.05) is 25.1 Å². The number of hydrogen-bond donors (Lipinski definition) is 0. The van der Waals surface area contributed by atoms with Crippen molar-refractivity contribution in [2.75, 3.05) is 25.2 Å². The minimum atomic E-state index is -0.531. The maximum Gasteiger partial charge on any atom is 0.305 e. The molecule has 5 nitrogen and oxygen atoms in total. The summed E-state index contributed by atoms with van der Waals surface area (Å²) in [6.07, 6.45) is 2.87. The third kappa shape index (κ3) is 6.78. The van der Waals surface area contributed by atoms with E-state index in [9.17, 15) is 14.0 Å². The second kappa shape index (κ2) is 11.2. The second-order valence-corrected chi connectivity index (χ2v) is 5.39. The number of amides is 1. The lowest BCUT2D eigenvalue weighted by Crippen LogP contribution is -2.31. The van der Waals surface area contributed by atoms with E-state index in [0.717, 1.165) is 12.8 Å². The number of carbonyl (C=O) groups excluding carboxylic acids is 2. The number of unbranched alkanes of at least 4 members (excludes halogenated alkanes) is 2. The minimum Gasteiger partial charge on any atom is -0.469 e. The number of benzene rings is 1. The van der Waals surface area contributed by atoms with E-state index in [1.165, 1.54) is 7.11 Å². The van der Waals surface area contributed by atoms with E-state index in [1.807, 2.05) is 0 Å². The topological polar surface area (TPSA) is 70.4 Å². The molecule has 0 saturated heterocycles. The number of alkyl halides is 1. The molecule has 0 radical (unpaired) electrons. The molecule has 0 aromatic heterocycles. The summed E-state index contributed by atoms with van der Waals surface area (Å²) in [6.45, 7) is -0.0574. The third-order valence-corrected chi connectivity index (χ3v) is 3.60. The molecule has 24 heavy (non-hydrogen) atoms. The minimum absolute atomic E-state index is 0.134. The number of carbonyl (C=O) groups is 2. The predicted octanol–water partition coefficient (Wildman–Crippen LogP) is 3.37. The first kappa shape index (κ1) is 19.6. The van der Waals surface area contributed by atoms with E-state index in [0.29, 0.717) is 30.6 Å². The van der Waals surface area contributed by atoms with Gasteiger partial charge in [0.1, 0.15) is 0 Å². The Bertz CT molecular complexity index is 584. The summed E-state index contributed by atoms with van der Waals surface area (Å²) in [7, 11) is 1.36. The number of nitrogens with zero attached hydrogens (tertiary/aromatic N) is 2. The van der Waals surface area contributed by atoms with Crippen LogP contribution in [-0.2, 0) is 14.3 Å². The average Bonchev–Trinajstić information content (AvgIpc) is 2.62. The Labute approximate surface area is 142 Å². The SMILES string of the molecule is COC(=O)CCCCCN(C(=O)CCCF)c1cccc(C#N)c1. The quantitative estimate of drug-likeness (QED) is 0.486. The fourth-order valence-corrected chi connectivity index (χ4v) is 2.31. The van der Waals surface area contributed by atoms with Crippen LogP contribution in [0.3, 0.4) is 0 Å². The number of esters is 1. The highest BCUT2D eigenvalue weighted by atomic mass is 19.1. The van der Waals surface area contributed by atoms with E-state index in [4.69, 9.17) is 5.26 Å². The van der Waals surface area contributed by atoms with Gasteiger partial charge in [-0.15, -0.1) is 0 Å². The highest BCUT2D eigenvalue weighted by molar-refractivity contribution is 5.93. The average molecular weight is 334 g/mol. The summed E-state index contributed by atoms with van der Waals surface area (Å²) in [5.74, 6) is -0.400. The zero-order valence-corrected chi connectivity index (χ0v) is 14.0. The Morgan fingerprint density at radius 3 is 2.67 bits per heavy atom. The summed E-state index contributed by atoms with van der Waals surface area (Å²) in [5.41, 5.74) is 1.12. The van der Waals surface area contributed by atoms with E-state index in [-0.39, 0.29) is 24.7 Å². The number of ether oxygens (including phenoxy) is 1. The van der Waals surface area contributed by atoms with Crippen molar-refractivity contribution in [3.63, 3.8) is 0 Å². The van der Waals surface area contributed by atoms with Gasteiger partial charge in [-0.05, 0) is 37.5 Å². The van der Waals surface area contributed by atoms with Crippen LogP contribution < -0.4 is 4.90 Å². The third-order valence-electron chi connectivity index (χ3n) is 3.60. The summed E-state index contributed by atoms with van der Waals surface area (Å²) in [5, 5.41) is 9.00. The first-order chi connectivity index (χ1) is 11.6. The van der Waals surface area contributed by atoms with Crippen molar-refractivity contribution in [3.05, 3.63) is 29.8 Å². The number of halogens is 1. The molecule has 1 aromatic carbocycles. The Morgan fingerprint density at radius 2 is 2.00 bits per heavy atom. The molecule has 0 aliphatic rings. The second-order valence-electron chi connectivity index (χ2n) is 5.39. The lowest BCUT2D eigenvalue weighted by molar-refractivity contribution is -0.140. The van der Waals surface area contributed by atoms with Crippen LogP contribution in [0.5, 0.6) is 0 Å². The smallest absolute Gasteiger partial charge is 0.305 e. The zero-order valence-electron chi connectivity index (χ0n) is 14.0. The van der Waals surface area contributed by atoms with Gasteiger partial charge >= 0.3 is 5.97 Å². The van der Waals surface area contributed by atoms with Gasteiger partial charge in [-0.2, -0.15) is 5.26 Å². The highest BCUT2D eigenvalue weighted by Gasteiger charge is 2.15. The molecule has 0 heterocycles. The molecule has 1 aromatic rings. The summed E-state index contributed by atoms with van der Waals surface area (Å²) in [4.78, 5) is 25.0. The molecule has 130 valence electrons. The van der Waals surface area contributed by atoms with Gasteiger partial charge in [-0.25, -0.2) is 0 Å². The van der Waals surface area contributed by atoms with E-state index < -0.39 is 6.67 Å². The first-order valence-electron chi connectivity index (χ1n) is 8.05. The largest absolute Gasteiger partial charge is 0.469 e. The van der Waals surface area contributed by atoms with Crippen LogP contribution in [0.15, 0.2) is 24.3 Å². The van der Waals surface area contributed by atoms with Crippen molar-refractivity contribution in [3.8, 4) is 6.07 Å². The van der Waals surface area contributed by atoms with Crippen LogP contribution in [-0.4, -0.2) is 32.2 Å². The fraction of sp³-hybridized carbons (Fsp3) is 0.500. The molecule has 6 heteroatoms. The van der Waals surface area contributed by atoms with Crippen molar-refractivity contribution < 1.29 is 18.7 Å². The van der Waals surface area contributed by atoms with Gasteiger partial charge in [0.2, 0.25) is 5.91 Å². The van der Waals surface area contributed by atoms with Crippen LogP contribution in [0, 0.1) is 11.3 Å². The van der Waals surface area contributed by atoms with E-state index in [1.54, 1.807) is 29.2 Å². The Hall–Kier alpha value is -2.42. The number of anilines is 1. The molecule has 0 aliphatic heterocycles. The predicted molar refractivity (Wildman–Crippen MR) is 89.2 cm³/mol. The molecule has 0 bridgehead atoms. The Balaban J connectivity index is 2.66. The first-order valence-corrected chi connectivity index (χ1v) is 8.05. The molecule has 1 amide bonds. The molecule has 0 atom stereocenters. The molecule has 0 saturated carbocycles. The van der Waals surface area contributed by atoms with Gasteiger partial charge < -0.3 is 9.64 Å². The molecule has 0 aliphatic carbocycles. The molecular weight excluding hydrogens is 311 g/mol. The van der Waals surface area contributed by atoms with Gasteiger partial charge in [-0.1, -0.05) is 12.5 Å². The molecule has 0 spiro atoms. The summed E-state index contributed by atoms with van der Waals surface area (Å²) < 4.78 is 16.9.